The molecule has 0 atom stereocenters. The lowest BCUT2D eigenvalue weighted by Crippen LogP contribution is -2.25. The van der Waals surface area contributed by atoms with Crippen LogP contribution in [-0.2, 0) is 6.42 Å². The van der Waals surface area contributed by atoms with Crippen LogP contribution < -0.4 is 16.4 Å². The summed E-state index contributed by atoms with van der Waals surface area (Å²) >= 11 is 0.884. The van der Waals surface area contributed by atoms with Gasteiger partial charge in [-0.15, -0.1) is 0 Å². The molecule has 0 saturated carbocycles. The van der Waals surface area contributed by atoms with Gasteiger partial charge in [-0.2, -0.15) is 0 Å². The largest absolute Gasteiger partial charge is 0.382 e. The minimum absolute atomic E-state index is 0.0716. The summed E-state index contributed by atoms with van der Waals surface area (Å²) in [6.45, 7) is 0.485. The van der Waals surface area contributed by atoms with Crippen molar-refractivity contribution in [2.45, 2.75) is 6.42 Å². The zero-order valence-corrected chi connectivity index (χ0v) is 20.2. The Bertz CT molecular complexity index is 1590. The van der Waals surface area contributed by atoms with E-state index >= 15 is 0 Å². The lowest BCUT2D eigenvalue weighted by molar-refractivity contribution is 0.0953. The molecule has 0 spiro atoms. The topological polar surface area (TPSA) is 113 Å². The number of amides is 1. The number of H-pyrrole nitrogens is 1. The van der Waals surface area contributed by atoms with E-state index in [1.807, 2.05) is 30.5 Å². The van der Waals surface area contributed by atoms with E-state index in [0.29, 0.717) is 24.2 Å². The standard InChI is InChI=1S/C27H21F2N5O2S/c28-19-5-3-6-20(29)22(19)23(35)24-25(30)34-27(37-24)33-17-10-8-15(9-11-17)26(36)31-13-12-16-14-32-21-7-2-1-4-18(16)21/h1-11,14,32H,12-13,30H2,(H,31,36)(H,33,34). The summed E-state index contributed by atoms with van der Waals surface area (Å²) in [4.78, 5) is 32.5. The molecule has 3 aromatic carbocycles. The average Bonchev–Trinajstić information content (AvgIpc) is 3.47. The van der Waals surface area contributed by atoms with Crippen molar-refractivity contribution in [1.29, 1.82) is 0 Å². The van der Waals surface area contributed by atoms with Crippen LogP contribution in [0.1, 0.15) is 31.2 Å². The van der Waals surface area contributed by atoms with Gasteiger partial charge in [0, 0.05) is 34.9 Å². The van der Waals surface area contributed by atoms with Crippen LogP contribution >= 0.6 is 11.3 Å². The number of aromatic amines is 1. The molecule has 2 heterocycles. The second-order valence-corrected chi connectivity index (χ2v) is 9.23. The molecule has 186 valence electrons. The number of hydrogen-bond donors (Lipinski definition) is 4. The lowest BCUT2D eigenvalue weighted by Gasteiger charge is -2.07. The van der Waals surface area contributed by atoms with Gasteiger partial charge in [-0.05, 0) is 54.4 Å². The highest BCUT2D eigenvalue weighted by molar-refractivity contribution is 7.18. The van der Waals surface area contributed by atoms with Crippen molar-refractivity contribution in [1.82, 2.24) is 15.3 Å². The van der Waals surface area contributed by atoms with Gasteiger partial charge in [-0.25, -0.2) is 13.8 Å². The Balaban J connectivity index is 1.20. The highest BCUT2D eigenvalue weighted by atomic mass is 32.1. The minimum Gasteiger partial charge on any atom is -0.382 e. The van der Waals surface area contributed by atoms with Crippen LogP contribution in [0.4, 0.5) is 25.4 Å². The predicted molar refractivity (Wildman–Crippen MR) is 140 cm³/mol. The Morgan fingerprint density at radius 3 is 2.46 bits per heavy atom. The van der Waals surface area contributed by atoms with Crippen LogP contribution in [0.2, 0.25) is 0 Å². The van der Waals surface area contributed by atoms with Crippen molar-refractivity contribution >= 4 is 50.6 Å². The summed E-state index contributed by atoms with van der Waals surface area (Å²) in [6.07, 6.45) is 2.65. The number of nitrogen functional groups attached to an aromatic ring is 1. The molecule has 1 amide bonds. The van der Waals surface area contributed by atoms with Crippen LogP contribution in [0.3, 0.4) is 0 Å². The maximum Gasteiger partial charge on any atom is 0.251 e. The van der Waals surface area contributed by atoms with Gasteiger partial charge in [0.1, 0.15) is 22.3 Å². The molecule has 0 aliphatic heterocycles. The number of halogens is 2. The number of carbonyl (C=O) groups is 2. The third kappa shape index (κ3) is 5.05. The number of thiazole rings is 1. The van der Waals surface area contributed by atoms with Crippen molar-refractivity contribution in [3.05, 3.63) is 106 Å². The van der Waals surface area contributed by atoms with E-state index in [4.69, 9.17) is 5.73 Å². The van der Waals surface area contributed by atoms with E-state index in [-0.39, 0.29) is 21.7 Å². The molecule has 0 radical (unpaired) electrons. The molecule has 0 saturated heterocycles. The van der Waals surface area contributed by atoms with Crippen molar-refractivity contribution in [2.24, 2.45) is 0 Å². The molecule has 5 aromatic rings. The molecule has 5 N–H and O–H groups in total. The van der Waals surface area contributed by atoms with Crippen molar-refractivity contribution < 1.29 is 18.4 Å². The molecule has 0 unspecified atom stereocenters. The molecule has 0 aliphatic carbocycles. The molecule has 0 fully saturated rings. The molecule has 7 nitrogen and oxygen atoms in total. The molecular formula is C27H21F2N5O2S. The number of carbonyl (C=O) groups excluding carboxylic acids is 2. The first-order valence-corrected chi connectivity index (χ1v) is 12.2. The van der Waals surface area contributed by atoms with Crippen molar-refractivity contribution in [3.63, 3.8) is 0 Å². The Hall–Kier alpha value is -4.57. The number of hydrogen-bond acceptors (Lipinski definition) is 6. The number of nitrogens with zero attached hydrogens (tertiary/aromatic N) is 1. The normalized spacial score (nSPS) is 11.0. The monoisotopic (exact) mass is 517 g/mol. The fourth-order valence-corrected chi connectivity index (χ4v) is 4.81. The first kappa shape index (κ1) is 24.1. The van der Waals surface area contributed by atoms with Gasteiger partial charge < -0.3 is 21.4 Å². The maximum absolute atomic E-state index is 14.0. The zero-order chi connectivity index (χ0) is 25.9. The van der Waals surface area contributed by atoms with Crippen LogP contribution in [0, 0.1) is 11.6 Å². The minimum atomic E-state index is -0.970. The summed E-state index contributed by atoms with van der Waals surface area (Å²) in [6, 6.07) is 17.9. The molecular weight excluding hydrogens is 496 g/mol. The van der Waals surface area contributed by atoms with Crippen LogP contribution in [0.15, 0.2) is 72.9 Å². The van der Waals surface area contributed by atoms with Gasteiger partial charge >= 0.3 is 0 Å². The first-order chi connectivity index (χ1) is 17.9. The van der Waals surface area contributed by atoms with Crippen LogP contribution in [-0.4, -0.2) is 28.2 Å². The van der Waals surface area contributed by atoms with Crippen molar-refractivity contribution in [2.75, 3.05) is 17.6 Å². The SMILES string of the molecule is Nc1nc(Nc2ccc(C(=O)NCCc3c[nH]c4ccccc34)cc2)sc1C(=O)c1c(F)cccc1F. The summed E-state index contributed by atoms with van der Waals surface area (Å²) in [5.41, 5.74) is 8.44. The molecule has 37 heavy (non-hydrogen) atoms. The van der Waals surface area contributed by atoms with Crippen LogP contribution in [0.5, 0.6) is 0 Å². The second-order valence-electron chi connectivity index (χ2n) is 8.23. The number of nitrogens with one attached hydrogen (secondary N) is 3. The van der Waals surface area contributed by atoms with E-state index in [9.17, 15) is 18.4 Å². The van der Waals surface area contributed by atoms with E-state index in [1.165, 1.54) is 6.07 Å². The fraction of sp³-hybridized carbons (Fsp3) is 0.0741. The summed E-state index contributed by atoms with van der Waals surface area (Å²) in [5.74, 6) is -3.15. The number of para-hydroxylation sites is 1. The van der Waals surface area contributed by atoms with Gasteiger partial charge in [0.25, 0.3) is 5.91 Å². The van der Waals surface area contributed by atoms with Gasteiger partial charge in [0.05, 0.1) is 5.56 Å². The van der Waals surface area contributed by atoms with E-state index < -0.39 is 23.0 Å². The zero-order valence-electron chi connectivity index (χ0n) is 19.3. The van der Waals surface area contributed by atoms with Crippen molar-refractivity contribution in [3.8, 4) is 0 Å². The number of benzene rings is 3. The number of rotatable bonds is 8. The molecule has 5 rings (SSSR count). The highest BCUT2D eigenvalue weighted by Crippen LogP contribution is 2.31. The Kier molecular flexibility index (Phi) is 6.65. The Labute approximate surface area is 214 Å². The van der Waals surface area contributed by atoms with Gasteiger partial charge in [-0.1, -0.05) is 35.6 Å². The smallest absolute Gasteiger partial charge is 0.251 e. The first-order valence-electron chi connectivity index (χ1n) is 11.4. The maximum atomic E-state index is 14.0. The number of nitrogens with two attached hydrogens (primary N) is 1. The highest BCUT2D eigenvalue weighted by Gasteiger charge is 2.24. The third-order valence-corrected chi connectivity index (χ3v) is 6.79. The summed E-state index contributed by atoms with van der Waals surface area (Å²) in [5, 5.41) is 7.33. The van der Waals surface area contributed by atoms with E-state index in [2.05, 4.69) is 20.6 Å². The third-order valence-electron chi connectivity index (χ3n) is 5.80. The van der Waals surface area contributed by atoms with Gasteiger partial charge in [0.15, 0.2) is 5.13 Å². The Morgan fingerprint density at radius 1 is 0.973 bits per heavy atom. The van der Waals surface area contributed by atoms with Crippen LogP contribution in [0.25, 0.3) is 10.9 Å². The van der Waals surface area contributed by atoms with Gasteiger partial charge in [-0.3, -0.25) is 9.59 Å². The number of fused-ring (bicyclic) bond motifs is 1. The fourth-order valence-electron chi connectivity index (χ4n) is 3.96. The molecule has 10 heteroatoms. The summed E-state index contributed by atoms with van der Waals surface area (Å²) < 4.78 is 28.0. The van der Waals surface area contributed by atoms with Gasteiger partial charge in [0.2, 0.25) is 5.78 Å². The number of anilines is 3. The Morgan fingerprint density at radius 2 is 1.70 bits per heavy atom. The second kappa shape index (κ2) is 10.2. The molecule has 2 aromatic heterocycles. The van der Waals surface area contributed by atoms with E-state index in [0.717, 1.165) is 39.9 Å². The number of ketones is 1. The lowest BCUT2D eigenvalue weighted by atomic mass is 10.1. The predicted octanol–water partition coefficient (Wildman–Crippen LogP) is 5.43. The molecule has 0 aliphatic rings. The van der Waals surface area contributed by atoms with E-state index in [1.54, 1.807) is 24.3 Å². The average molecular weight is 518 g/mol. The quantitative estimate of drug-likeness (QED) is 0.205. The number of aromatic nitrogens is 2. The summed E-state index contributed by atoms with van der Waals surface area (Å²) in [7, 11) is 0. The molecule has 0 bridgehead atoms.